The van der Waals surface area contributed by atoms with E-state index in [0.717, 1.165) is 6.42 Å². The maximum absolute atomic E-state index is 11.3. The zero-order valence-electron chi connectivity index (χ0n) is 17.4. The molecule has 0 unspecified atom stereocenters. The fourth-order valence-electron chi connectivity index (χ4n) is 2.46. The van der Waals surface area contributed by atoms with Crippen LogP contribution in [0.4, 0.5) is 0 Å². The number of rotatable bonds is 14. The third-order valence-corrected chi connectivity index (χ3v) is 3.70. The number of esters is 2. The molecular weight excluding hydrogens is 316 g/mol. The number of hydrogen-bond acceptors (Lipinski definition) is 4. The molecule has 4 heteroatoms. The molecule has 0 aliphatic carbocycles. The third-order valence-electron chi connectivity index (χ3n) is 3.70. The standard InChI is InChI=1S/C17H34O2.C4H8O2/c1-4-5-6-7-8-9-10-11-12-13-14-15-17(18)19-16(2)3;1-3-6-4(2)5/h16H,4-15H2,1-3H3;3H2,1-2H3. The summed E-state index contributed by atoms with van der Waals surface area (Å²) in [4.78, 5) is 21.1. The van der Waals surface area contributed by atoms with Crippen LogP contribution >= 0.6 is 0 Å². The van der Waals surface area contributed by atoms with Crippen molar-refractivity contribution in [1.82, 2.24) is 0 Å². The van der Waals surface area contributed by atoms with E-state index in [1.807, 2.05) is 13.8 Å². The zero-order chi connectivity index (χ0) is 19.3. The van der Waals surface area contributed by atoms with E-state index in [4.69, 9.17) is 4.74 Å². The lowest BCUT2D eigenvalue weighted by molar-refractivity contribution is -0.147. The van der Waals surface area contributed by atoms with Crippen LogP contribution in [0.15, 0.2) is 0 Å². The first-order chi connectivity index (χ1) is 11.9. The number of ether oxygens (including phenoxy) is 2. The minimum Gasteiger partial charge on any atom is -0.466 e. The summed E-state index contributed by atoms with van der Waals surface area (Å²) in [6.07, 6.45) is 15.1. The van der Waals surface area contributed by atoms with E-state index in [9.17, 15) is 9.59 Å². The lowest BCUT2D eigenvalue weighted by Crippen LogP contribution is -2.10. The Morgan fingerprint density at radius 2 is 1.20 bits per heavy atom. The van der Waals surface area contributed by atoms with Crippen LogP contribution in [0, 0.1) is 0 Å². The summed E-state index contributed by atoms with van der Waals surface area (Å²) in [5, 5.41) is 0. The number of carbonyl (C=O) groups is 2. The molecule has 0 bridgehead atoms. The molecular formula is C21H42O4. The molecule has 0 aliphatic rings. The molecule has 0 fully saturated rings. The van der Waals surface area contributed by atoms with Gasteiger partial charge in [0.15, 0.2) is 0 Å². The molecule has 0 spiro atoms. The van der Waals surface area contributed by atoms with Gasteiger partial charge in [0.2, 0.25) is 0 Å². The third kappa shape index (κ3) is 28.0. The fraction of sp³-hybridized carbons (Fsp3) is 0.905. The van der Waals surface area contributed by atoms with Crippen molar-refractivity contribution in [3.8, 4) is 0 Å². The quantitative estimate of drug-likeness (QED) is 0.274. The molecule has 0 N–H and O–H groups in total. The summed E-state index contributed by atoms with van der Waals surface area (Å²) in [5.41, 5.74) is 0. The van der Waals surface area contributed by atoms with Crippen LogP contribution in [0.5, 0.6) is 0 Å². The second kappa shape index (κ2) is 21.0. The molecule has 0 radical (unpaired) electrons. The molecule has 150 valence electrons. The molecule has 0 saturated carbocycles. The Balaban J connectivity index is 0. The molecule has 0 aromatic rings. The van der Waals surface area contributed by atoms with Gasteiger partial charge in [0.1, 0.15) is 0 Å². The second-order valence-electron chi connectivity index (χ2n) is 6.75. The van der Waals surface area contributed by atoms with E-state index in [-0.39, 0.29) is 18.0 Å². The van der Waals surface area contributed by atoms with Gasteiger partial charge in [-0.1, -0.05) is 71.1 Å². The predicted molar refractivity (Wildman–Crippen MR) is 105 cm³/mol. The zero-order valence-corrected chi connectivity index (χ0v) is 17.4. The van der Waals surface area contributed by atoms with Crippen molar-refractivity contribution >= 4 is 11.9 Å². The lowest BCUT2D eigenvalue weighted by atomic mass is 10.1. The minimum atomic E-state index is -0.211. The number of unbranched alkanes of at least 4 members (excludes halogenated alkanes) is 10. The molecule has 0 atom stereocenters. The topological polar surface area (TPSA) is 52.6 Å². The van der Waals surface area contributed by atoms with Crippen molar-refractivity contribution in [2.45, 2.75) is 118 Å². The van der Waals surface area contributed by atoms with Crippen molar-refractivity contribution < 1.29 is 19.1 Å². The van der Waals surface area contributed by atoms with Gasteiger partial charge in [-0.25, -0.2) is 0 Å². The molecule has 0 aromatic heterocycles. The maximum atomic E-state index is 11.3. The van der Waals surface area contributed by atoms with Gasteiger partial charge in [0.25, 0.3) is 0 Å². The van der Waals surface area contributed by atoms with Crippen molar-refractivity contribution in [2.75, 3.05) is 6.61 Å². The Labute approximate surface area is 156 Å². The Morgan fingerprint density at radius 3 is 1.52 bits per heavy atom. The van der Waals surface area contributed by atoms with E-state index < -0.39 is 0 Å². The Kier molecular flexibility index (Phi) is 22.0. The summed E-state index contributed by atoms with van der Waals surface area (Å²) in [6.45, 7) is 9.72. The van der Waals surface area contributed by atoms with E-state index in [1.165, 1.54) is 71.1 Å². The van der Waals surface area contributed by atoms with E-state index in [1.54, 1.807) is 6.92 Å². The first kappa shape index (κ1) is 26.2. The van der Waals surface area contributed by atoms with Crippen LogP contribution < -0.4 is 0 Å². The first-order valence-electron chi connectivity index (χ1n) is 10.3. The van der Waals surface area contributed by atoms with Gasteiger partial charge in [-0.05, 0) is 27.2 Å². The van der Waals surface area contributed by atoms with Gasteiger partial charge in [-0.2, -0.15) is 0 Å². The Hall–Kier alpha value is -1.06. The molecule has 0 rings (SSSR count). The Bertz CT molecular complexity index is 300. The van der Waals surface area contributed by atoms with Gasteiger partial charge in [0, 0.05) is 13.3 Å². The smallest absolute Gasteiger partial charge is 0.306 e. The fourth-order valence-corrected chi connectivity index (χ4v) is 2.46. The van der Waals surface area contributed by atoms with Crippen molar-refractivity contribution in [3.05, 3.63) is 0 Å². The highest BCUT2D eigenvalue weighted by Crippen LogP contribution is 2.12. The largest absolute Gasteiger partial charge is 0.466 e. The van der Waals surface area contributed by atoms with Crippen LogP contribution in [0.2, 0.25) is 0 Å². The molecule has 25 heavy (non-hydrogen) atoms. The minimum absolute atomic E-state index is 0.0280. The van der Waals surface area contributed by atoms with Crippen LogP contribution in [-0.4, -0.2) is 24.6 Å². The number of carbonyl (C=O) groups excluding carboxylic acids is 2. The maximum Gasteiger partial charge on any atom is 0.306 e. The van der Waals surface area contributed by atoms with Gasteiger partial charge in [-0.3, -0.25) is 9.59 Å². The highest BCUT2D eigenvalue weighted by Gasteiger charge is 2.04. The van der Waals surface area contributed by atoms with E-state index in [0.29, 0.717) is 13.0 Å². The molecule has 0 aliphatic heterocycles. The molecule has 0 amide bonds. The first-order valence-corrected chi connectivity index (χ1v) is 10.3. The molecule has 0 saturated heterocycles. The Morgan fingerprint density at radius 1 is 0.760 bits per heavy atom. The summed E-state index contributed by atoms with van der Waals surface area (Å²) >= 11 is 0. The number of hydrogen-bond donors (Lipinski definition) is 0. The van der Waals surface area contributed by atoms with Crippen LogP contribution in [0.25, 0.3) is 0 Å². The van der Waals surface area contributed by atoms with Crippen LogP contribution in [0.1, 0.15) is 112 Å². The van der Waals surface area contributed by atoms with Gasteiger partial charge < -0.3 is 9.47 Å². The highest BCUT2D eigenvalue weighted by molar-refractivity contribution is 5.69. The van der Waals surface area contributed by atoms with Gasteiger partial charge in [-0.15, -0.1) is 0 Å². The molecule has 4 nitrogen and oxygen atoms in total. The predicted octanol–water partition coefficient (Wildman–Crippen LogP) is 6.21. The summed E-state index contributed by atoms with van der Waals surface area (Å²) in [5.74, 6) is -0.247. The van der Waals surface area contributed by atoms with Gasteiger partial charge >= 0.3 is 11.9 Å². The summed E-state index contributed by atoms with van der Waals surface area (Å²) in [7, 11) is 0. The highest BCUT2D eigenvalue weighted by atomic mass is 16.5. The van der Waals surface area contributed by atoms with Crippen molar-refractivity contribution in [2.24, 2.45) is 0 Å². The van der Waals surface area contributed by atoms with Crippen LogP contribution in [0.3, 0.4) is 0 Å². The van der Waals surface area contributed by atoms with Crippen LogP contribution in [-0.2, 0) is 19.1 Å². The SMILES string of the molecule is CCCCCCCCCCCCCC(=O)OC(C)C.CCOC(C)=O. The summed E-state index contributed by atoms with van der Waals surface area (Å²) < 4.78 is 9.51. The van der Waals surface area contributed by atoms with Gasteiger partial charge in [0.05, 0.1) is 12.7 Å². The summed E-state index contributed by atoms with van der Waals surface area (Å²) in [6, 6.07) is 0. The average molecular weight is 359 g/mol. The lowest BCUT2D eigenvalue weighted by Gasteiger charge is -2.07. The molecule has 0 aromatic carbocycles. The van der Waals surface area contributed by atoms with E-state index >= 15 is 0 Å². The van der Waals surface area contributed by atoms with E-state index in [2.05, 4.69) is 11.7 Å². The normalized spacial score (nSPS) is 10.2. The monoisotopic (exact) mass is 358 g/mol. The second-order valence-corrected chi connectivity index (χ2v) is 6.75. The van der Waals surface area contributed by atoms with Crippen molar-refractivity contribution in [3.63, 3.8) is 0 Å². The van der Waals surface area contributed by atoms with Crippen molar-refractivity contribution in [1.29, 1.82) is 0 Å². The average Bonchev–Trinajstić information content (AvgIpc) is 2.52. The molecule has 0 heterocycles.